The summed E-state index contributed by atoms with van der Waals surface area (Å²) in [6.45, 7) is 3.55. The Labute approximate surface area is 165 Å². The summed E-state index contributed by atoms with van der Waals surface area (Å²) in [4.78, 5) is 24.1. The number of anilines is 1. The van der Waals surface area contributed by atoms with Gasteiger partial charge in [0.25, 0.3) is 0 Å². The molecule has 2 aliphatic rings. The molecule has 3 heterocycles. The third kappa shape index (κ3) is 4.18. The van der Waals surface area contributed by atoms with Crippen molar-refractivity contribution in [2.24, 2.45) is 5.92 Å². The number of aromatic nitrogens is 3. The molecule has 1 saturated heterocycles. The van der Waals surface area contributed by atoms with Gasteiger partial charge in [0.2, 0.25) is 17.6 Å². The lowest BCUT2D eigenvalue weighted by Crippen LogP contribution is -2.46. The van der Waals surface area contributed by atoms with E-state index in [1.54, 1.807) is 6.20 Å². The summed E-state index contributed by atoms with van der Waals surface area (Å²) in [6.07, 6.45) is 10.4. The van der Waals surface area contributed by atoms with Crippen molar-refractivity contribution in [1.82, 2.24) is 20.4 Å². The zero-order valence-corrected chi connectivity index (χ0v) is 16.6. The summed E-state index contributed by atoms with van der Waals surface area (Å²) in [7, 11) is 0. The highest BCUT2D eigenvalue weighted by atomic mass is 16.5. The molecule has 0 radical (unpaired) electrons. The van der Waals surface area contributed by atoms with Gasteiger partial charge >= 0.3 is 0 Å². The smallest absolute Gasteiger partial charge is 0.226 e. The maximum atomic E-state index is 12.8. The molecule has 1 atom stereocenters. The maximum absolute atomic E-state index is 12.8. The minimum atomic E-state index is 0.00186. The number of pyridine rings is 1. The molecule has 1 aliphatic carbocycles. The number of piperidine rings is 1. The number of nitrogens with one attached hydrogen (secondary N) is 1. The highest BCUT2D eigenvalue weighted by molar-refractivity contribution is 5.80. The SMILES string of the molecule is CCc1nc(-c2cccnc2N2CCCC(C(=O)NC3CCCCC3)C2)no1. The monoisotopic (exact) mass is 383 g/mol. The van der Waals surface area contributed by atoms with Gasteiger partial charge in [-0.1, -0.05) is 31.3 Å². The van der Waals surface area contributed by atoms with Gasteiger partial charge in [-0.3, -0.25) is 4.79 Å². The van der Waals surface area contributed by atoms with Crippen molar-refractivity contribution in [2.45, 2.75) is 64.3 Å². The molecule has 150 valence electrons. The van der Waals surface area contributed by atoms with Crippen LogP contribution in [-0.4, -0.2) is 40.2 Å². The first kappa shape index (κ1) is 18.9. The van der Waals surface area contributed by atoms with E-state index in [9.17, 15) is 4.79 Å². The Bertz CT molecular complexity index is 800. The fourth-order valence-electron chi connectivity index (χ4n) is 4.28. The normalized spacial score (nSPS) is 20.9. The first-order valence-corrected chi connectivity index (χ1v) is 10.6. The quantitative estimate of drug-likeness (QED) is 0.852. The van der Waals surface area contributed by atoms with Crippen LogP contribution in [0.1, 0.15) is 57.8 Å². The summed E-state index contributed by atoms with van der Waals surface area (Å²) in [5, 5.41) is 7.40. The first-order chi connectivity index (χ1) is 13.7. The topological polar surface area (TPSA) is 84.2 Å². The van der Waals surface area contributed by atoms with Crippen molar-refractivity contribution in [3.05, 3.63) is 24.2 Å². The van der Waals surface area contributed by atoms with Gasteiger partial charge in [0.1, 0.15) is 5.82 Å². The van der Waals surface area contributed by atoms with Gasteiger partial charge in [0.05, 0.1) is 11.5 Å². The Balaban J connectivity index is 1.48. The number of hydrogen-bond acceptors (Lipinski definition) is 6. The Kier molecular flexibility index (Phi) is 5.88. The fourth-order valence-corrected chi connectivity index (χ4v) is 4.28. The van der Waals surface area contributed by atoms with E-state index in [1.165, 1.54) is 19.3 Å². The van der Waals surface area contributed by atoms with E-state index < -0.39 is 0 Å². The Morgan fingerprint density at radius 3 is 2.89 bits per heavy atom. The molecule has 2 fully saturated rings. The summed E-state index contributed by atoms with van der Waals surface area (Å²) in [6, 6.07) is 4.21. The van der Waals surface area contributed by atoms with Gasteiger partial charge in [0.15, 0.2) is 0 Å². The molecule has 1 saturated carbocycles. The predicted molar refractivity (Wildman–Crippen MR) is 107 cm³/mol. The summed E-state index contributed by atoms with van der Waals surface area (Å²) in [5.41, 5.74) is 0.860. The van der Waals surface area contributed by atoms with Gasteiger partial charge in [-0.05, 0) is 37.8 Å². The highest BCUT2D eigenvalue weighted by Gasteiger charge is 2.29. The van der Waals surface area contributed by atoms with Crippen molar-refractivity contribution >= 4 is 11.7 Å². The standard InChI is InChI=1S/C21H29N5O2/c1-2-18-24-19(25-28-18)17-11-6-12-22-20(17)26-13-7-8-15(14-26)21(27)23-16-9-4-3-5-10-16/h6,11-12,15-16H,2-5,7-10,13-14H2,1H3,(H,23,27). The van der Waals surface area contributed by atoms with E-state index in [-0.39, 0.29) is 11.8 Å². The minimum Gasteiger partial charge on any atom is -0.355 e. The summed E-state index contributed by atoms with van der Waals surface area (Å²) < 4.78 is 5.28. The zero-order valence-electron chi connectivity index (χ0n) is 16.6. The molecule has 7 heteroatoms. The Hall–Kier alpha value is -2.44. The molecule has 7 nitrogen and oxygen atoms in total. The van der Waals surface area contributed by atoms with Crippen LogP contribution in [0.5, 0.6) is 0 Å². The molecule has 1 unspecified atom stereocenters. The molecule has 2 aromatic rings. The first-order valence-electron chi connectivity index (χ1n) is 10.6. The number of rotatable bonds is 5. The third-order valence-corrected chi connectivity index (χ3v) is 5.84. The van der Waals surface area contributed by atoms with Crippen LogP contribution in [-0.2, 0) is 11.2 Å². The van der Waals surface area contributed by atoms with E-state index >= 15 is 0 Å². The van der Waals surface area contributed by atoms with E-state index in [1.807, 2.05) is 19.1 Å². The summed E-state index contributed by atoms with van der Waals surface area (Å²) >= 11 is 0. The van der Waals surface area contributed by atoms with Crippen LogP contribution >= 0.6 is 0 Å². The molecule has 0 aromatic carbocycles. The number of aryl methyl sites for hydroxylation is 1. The van der Waals surface area contributed by atoms with E-state index in [0.717, 1.165) is 43.6 Å². The molecule has 0 bridgehead atoms. The van der Waals surface area contributed by atoms with Crippen LogP contribution in [0.2, 0.25) is 0 Å². The second-order valence-electron chi connectivity index (χ2n) is 7.87. The maximum Gasteiger partial charge on any atom is 0.226 e. The van der Waals surface area contributed by atoms with Crippen LogP contribution in [0, 0.1) is 5.92 Å². The molecule has 0 spiro atoms. The van der Waals surface area contributed by atoms with E-state index in [0.29, 0.717) is 30.7 Å². The second-order valence-corrected chi connectivity index (χ2v) is 7.87. The minimum absolute atomic E-state index is 0.00186. The largest absolute Gasteiger partial charge is 0.355 e. The molecule has 4 rings (SSSR count). The van der Waals surface area contributed by atoms with Gasteiger partial charge in [0, 0.05) is 31.7 Å². The van der Waals surface area contributed by atoms with Crippen LogP contribution < -0.4 is 10.2 Å². The molecule has 2 aromatic heterocycles. The van der Waals surface area contributed by atoms with E-state index in [2.05, 4.69) is 25.3 Å². The van der Waals surface area contributed by atoms with Crippen LogP contribution in [0.15, 0.2) is 22.9 Å². The average molecular weight is 383 g/mol. The lowest BCUT2D eigenvalue weighted by atomic mass is 9.93. The van der Waals surface area contributed by atoms with Crippen molar-refractivity contribution < 1.29 is 9.32 Å². The lowest BCUT2D eigenvalue weighted by molar-refractivity contribution is -0.126. The van der Waals surface area contributed by atoms with Crippen LogP contribution in [0.25, 0.3) is 11.4 Å². The van der Waals surface area contributed by atoms with Crippen molar-refractivity contribution in [3.63, 3.8) is 0 Å². The Morgan fingerprint density at radius 2 is 2.11 bits per heavy atom. The van der Waals surface area contributed by atoms with E-state index in [4.69, 9.17) is 4.52 Å². The molecule has 1 aliphatic heterocycles. The number of amides is 1. The number of nitrogens with zero attached hydrogens (tertiary/aromatic N) is 4. The molecular formula is C21H29N5O2. The van der Waals surface area contributed by atoms with Crippen molar-refractivity contribution in [3.8, 4) is 11.4 Å². The van der Waals surface area contributed by atoms with Gasteiger partial charge in [-0.2, -0.15) is 4.98 Å². The van der Waals surface area contributed by atoms with Crippen LogP contribution in [0.4, 0.5) is 5.82 Å². The molecule has 28 heavy (non-hydrogen) atoms. The molecule has 1 N–H and O–H groups in total. The van der Waals surface area contributed by atoms with Crippen molar-refractivity contribution in [1.29, 1.82) is 0 Å². The van der Waals surface area contributed by atoms with Gasteiger partial charge in [-0.25, -0.2) is 4.98 Å². The molecular weight excluding hydrogens is 354 g/mol. The average Bonchev–Trinajstić information content (AvgIpc) is 3.24. The highest BCUT2D eigenvalue weighted by Crippen LogP contribution is 2.30. The number of carbonyl (C=O) groups is 1. The van der Waals surface area contributed by atoms with Crippen molar-refractivity contribution in [2.75, 3.05) is 18.0 Å². The van der Waals surface area contributed by atoms with Gasteiger partial charge < -0.3 is 14.7 Å². The van der Waals surface area contributed by atoms with Gasteiger partial charge in [-0.15, -0.1) is 0 Å². The third-order valence-electron chi connectivity index (χ3n) is 5.84. The zero-order chi connectivity index (χ0) is 19.3. The predicted octanol–water partition coefficient (Wildman–Crippen LogP) is 3.36. The molecule has 1 amide bonds. The van der Waals surface area contributed by atoms with Crippen LogP contribution in [0.3, 0.4) is 0 Å². The Morgan fingerprint density at radius 1 is 1.25 bits per heavy atom. The fraction of sp³-hybridized carbons (Fsp3) is 0.619. The lowest BCUT2D eigenvalue weighted by Gasteiger charge is -2.34. The number of hydrogen-bond donors (Lipinski definition) is 1. The second kappa shape index (κ2) is 8.71. The number of carbonyl (C=O) groups excluding carboxylic acids is 1. The summed E-state index contributed by atoms with van der Waals surface area (Å²) in [5.74, 6) is 2.21.